The second-order valence-corrected chi connectivity index (χ2v) is 11.6. The van der Waals surface area contributed by atoms with Gasteiger partial charge in [-0.15, -0.1) is 0 Å². The van der Waals surface area contributed by atoms with Crippen LogP contribution in [0.2, 0.25) is 0 Å². The third kappa shape index (κ3) is 16.1. The number of hydrogen-bond donors (Lipinski definition) is 8. The summed E-state index contributed by atoms with van der Waals surface area (Å²) in [7, 11) is 0. The smallest absolute Gasteiger partial charge is 0.240 e. The molecule has 0 radical (unpaired) electrons. The van der Waals surface area contributed by atoms with Gasteiger partial charge in [0.1, 0.15) is 6.04 Å². The number of ketones is 1. The molecule has 1 aliphatic carbocycles. The summed E-state index contributed by atoms with van der Waals surface area (Å²) in [5.74, 6) is -3.64. The lowest BCUT2D eigenvalue weighted by molar-refractivity contribution is -0.134. The molecule has 0 aliphatic heterocycles. The Morgan fingerprint density at radius 1 is 0.727 bits per heavy atom. The van der Waals surface area contributed by atoms with Crippen LogP contribution in [0.3, 0.4) is 0 Å². The Labute approximate surface area is 260 Å². The molecule has 0 aromatic rings. The average Bonchev–Trinajstić information content (AvgIpc) is 2.96. The molecule has 15 nitrogen and oxygen atoms in total. The molecule has 1 fully saturated rings. The van der Waals surface area contributed by atoms with Gasteiger partial charge in [-0.1, -0.05) is 39.0 Å². The van der Waals surface area contributed by atoms with E-state index in [2.05, 4.69) is 20.6 Å². The molecule has 250 valence electrons. The van der Waals surface area contributed by atoms with Gasteiger partial charge in [0, 0.05) is 37.8 Å². The summed E-state index contributed by atoms with van der Waals surface area (Å²) in [5, 5.41) is 5.54. The van der Waals surface area contributed by atoms with Gasteiger partial charge >= 0.3 is 0 Å². The van der Waals surface area contributed by atoms with Crippen LogP contribution in [0.1, 0.15) is 96.8 Å². The van der Waals surface area contributed by atoms with Crippen molar-refractivity contribution in [2.45, 2.75) is 109 Å². The number of nitrogens with zero attached hydrogens (tertiary/aromatic N) is 2. The largest absolute Gasteiger partial charge is 0.370 e. The van der Waals surface area contributed by atoms with Crippen molar-refractivity contribution in [3.05, 3.63) is 0 Å². The number of nitrogens with two attached hydrogens (primary N) is 6. The van der Waals surface area contributed by atoms with E-state index in [0.717, 1.165) is 32.1 Å². The molecule has 0 aromatic heterocycles. The van der Waals surface area contributed by atoms with Gasteiger partial charge in [0.15, 0.2) is 17.7 Å². The van der Waals surface area contributed by atoms with Gasteiger partial charge in [-0.2, -0.15) is 0 Å². The topological polar surface area (TPSA) is 290 Å². The average molecular weight is 623 g/mol. The zero-order valence-electron chi connectivity index (χ0n) is 26.1. The highest BCUT2D eigenvalue weighted by molar-refractivity contribution is 5.94. The minimum atomic E-state index is -1.04. The van der Waals surface area contributed by atoms with Crippen molar-refractivity contribution in [3.8, 4) is 0 Å². The van der Waals surface area contributed by atoms with Crippen LogP contribution in [0.4, 0.5) is 0 Å². The fraction of sp³-hybridized carbons (Fsp3) is 0.759. The third-order valence-corrected chi connectivity index (χ3v) is 8.03. The molecule has 4 amide bonds. The number of carbonyl (C=O) groups excluding carboxylic acids is 5. The molecule has 15 heteroatoms. The van der Waals surface area contributed by atoms with Crippen LogP contribution in [-0.2, 0) is 24.0 Å². The number of aliphatic imine (C=N–C) groups is 2. The maximum absolute atomic E-state index is 13.6. The molecule has 14 N–H and O–H groups in total. The summed E-state index contributed by atoms with van der Waals surface area (Å²) in [5.41, 5.74) is 32.5. The minimum Gasteiger partial charge on any atom is -0.370 e. The van der Waals surface area contributed by atoms with Gasteiger partial charge in [0.2, 0.25) is 23.6 Å². The number of carbonyl (C=O) groups is 5. The second kappa shape index (κ2) is 20.9. The number of primary amides is 2. The molecule has 1 rings (SSSR count). The Hall–Kier alpha value is -3.91. The van der Waals surface area contributed by atoms with Crippen molar-refractivity contribution in [2.24, 2.45) is 62.1 Å². The summed E-state index contributed by atoms with van der Waals surface area (Å²) < 4.78 is 0. The zero-order chi connectivity index (χ0) is 33.1. The lowest BCUT2D eigenvalue weighted by atomic mass is 9.84. The van der Waals surface area contributed by atoms with Crippen LogP contribution in [0.25, 0.3) is 0 Å². The van der Waals surface area contributed by atoms with Gasteiger partial charge in [-0.05, 0) is 50.9 Å². The van der Waals surface area contributed by atoms with E-state index in [1.54, 1.807) is 0 Å². The molecule has 0 aromatic carbocycles. The highest BCUT2D eigenvalue weighted by Crippen LogP contribution is 2.27. The van der Waals surface area contributed by atoms with E-state index in [-0.39, 0.29) is 56.0 Å². The van der Waals surface area contributed by atoms with Crippen molar-refractivity contribution in [2.75, 3.05) is 13.1 Å². The first-order valence-corrected chi connectivity index (χ1v) is 15.7. The first kappa shape index (κ1) is 38.1. The molecule has 0 unspecified atom stereocenters. The molecule has 0 bridgehead atoms. The molecule has 4 atom stereocenters. The number of amides is 4. The lowest BCUT2D eigenvalue weighted by Crippen LogP contribution is -2.49. The Morgan fingerprint density at radius 2 is 1.25 bits per heavy atom. The fourth-order valence-corrected chi connectivity index (χ4v) is 5.51. The molecule has 0 heterocycles. The van der Waals surface area contributed by atoms with Crippen molar-refractivity contribution < 1.29 is 24.0 Å². The molecule has 0 saturated heterocycles. The predicted octanol–water partition coefficient (Wildman–Crippen LogP) is -0.614. The third-order valence-electron chi connectivity index (χ3n) is 8.03. The summed E-state index contributed by atoms with van der Waals surface area (Å²) in [4.78, 5) is 71.9. The SMILES string of the molecule is CC[C@@H](CCCN=C(N)N)C(=O)N[C@@H](CCC(N)=O)C(=O)C[C@@H](CCCN=C(N)N)C(=O)N[C@@H](CC1CCCCC1)C(N)=O. The Morgan fingerprint density at radius 3 is 1.75 bits per heavy atom. The molecule has 0 spiro atoms. The van der Waals surface area contributed by atoms with Crippen LogP contribution in [0, 0.1) is 17.8 Å². The van der Waals surface area contributed by atoms with E-state index in [9.17, 15) is 24.0 Å². The Kier molecular flexibility index (Phi) is 18.1. The van der Waals surface area contributed by atoms with Crippen LogP contribution in [0.15, 0.2) is 9.98 Å². The van der Waals surface area contributed by atoms with Crippen LogP contribution < -0.4 is 45.0 Å². The first-order valence-electron chi connectivity index (χ1n) is 15.7. The number of Topliss-reactive ketones (excluding diaryl/α,β-unsaturated/α-hetero) is 1. The van der Waals surface area contributed by atoms with E-state index in [4.69, 9.17) is 34.4 Å². The van der Waals surface area contributed by atoms with E-state index in [1.165, 1.54) is 0 Å². The Bertz CT molecular complexity index is 1000. The Balaban J connectivity index is 3.06. The fourth-order valence-electron chi connectivity index (χ4n) is 5.51. The monoisotopic (exact) mass is 622 g/mol. The minimum absolute atomic E-state index is 0.0156. The molecule has 1 aliphatic rings. The zero-order valence-corrected chi connectivity index (χ0v) is 26.1. The summed E-state index contributed by atoms with van der Waals surface area (Å²) in [6.45, 7) is 2.45. The quantitative estimate of drug-likeness (QED) is 0.0433. The number of guanidine groups is 2. The molecular weight excluding hydrogens is 568 g/mol. The van der Waals surface area contributed by atoms with Gasteiger partial charge in [0.25, 0.3) is 0 Å². The molecule has 1 saturated carbocycles. The summed E-state index contributed by atoms with van der Waals surface area (Å²) >= 11 is 0. The number of rotatable bonds is 22. The van der Waals surface area contributed by atoms with E-state index in [0.29, 0.717) is 38.6 Å². The van der Waals surface area contributed by atoms with Crippen LogP contribution in [-0.4, -0.2) is 66.5 Å². The van der Waals surface area contributed by atoms with Gasteiger partial charge in [0.05, 0.1) is 6.04 Å². The maximum Gasteiger partial charge on any atom is 0.240 e. The molecular formula is C29H54N10O5. The van der Waals surface area contributed by atoms with Crippen LogP contribution >= 0.6 is 0 Å². The first-order chi connectivity index (χ1) is 20.8. The highest BCUT2D eigenvalue weighted by atomic mass is 16.2. The van der Waals surface area contributed by atoms with Crippen molar-refractivity contribution in [3.63, 3.8) is 0 Å². The van der Waals surface area contributed by atoms with E-state index in [1.807, 2.05) is 6.92 Å². The normalized spacial score (nSPS) is 16.0. The summed E-state index contributed by atoms with van der Waals surface area (Å²) in [6, 6.07) is -1.90. The van der Waals surface area contributed by atoms with Gasteiger partial charge in [-0.3, -0.25) is 34.0 Å². The predicted molar refractivity (Wildman–Crippen MR) is 169 cm³/mol. The van der Waals surface area contributed by atoms with E-state index >= 15 is 0 Å². The second-order valence-electron chi connectivity index (χ2n) is 11.6. The molecule has 44 heavy (non-hydrogen) atoms. The van der Waals surface area contributed by atoms with Gasteiger partial charge < -0.3 is 45.0 Å². The van der Waals surface area contributed by atoms with Gasteiger partial charge in [-0.25, -0.2) is 0 Å². The maximum atomic E-state index is 13.6. The van der Waals surface area contributed by atoms with Crippen molar-refractivity contribution in [1.82, 2.24) is 10.6 Å². The van der Waals surface area contributed by atoms with E-state index < -0.39 is 47.4 Å². The lowest BCUT2D eigenvalue weighted by Gasteiger charge is -2.27. The van der Waals surface area contributed by atoms with Crippen molar-refractivity contribution >= 4 is 41.3 Å². The van der Waals surface area contributed by atoms with Crippen LogP contribution in [0.5, 0.6) is 0 Å². The highest BCUT2D eigenvalue weighted by Gasteiger charge is 2.32. The number of hydrogen-bond acceptors (Lipinski definition) is 7. The standard InChI is InChI=1S/C29H54N10O5/c1-2-19(10-6-14-36-28(32)33)26(43)38-21(12-13-24(30)41)23(40)17-20(11-7-15-37-29(34)35)27(44)39-22(25(31)42)16-18-8-4-3-5-9-18/h18-22H,2-17H2,1H3,(H2,30,41)(H2,31,42)(H,38,43)(H,39,44)(H4,32,33,36)(H4,34,35,37)/t19-,20+,21-,22-/m0/s1. The summed E-state index contributed by atoms with van der Waals surface area (Å²) in [6.07, 6.45) is 7.45. The number of nitrogens with one attached hydrogen (secondary N) is 2. The van der Waals surface area contributed by atoms with Crippen molar-refractivity contribution in [1.29, 1.82) is 0 Å².